The number of halogens is 2. The van der Waals surface area contributed by atoms with Crippen molar-refractivity contribution < 1.29 is 14.3 Å². The fourth-order valence-corrected chi connectivity index (χ4v) is 3.44. The van der Waals surface area contributed by atoms with E-state index in [1.165, 1.54) is 12.1 Å². The molecule has 164 valence electrons. The molecule has 3 unspecified atom stereocenters. The first-order valence-corrected chi connectivity index (χ1v) is 10.2. The zero-order valence-electron chi connectivity index (χ0n) is 17.5. The number of hydrogen-bond acceptors (Lipinski definition) is 3. The van der Waals surface area contributed by atoms with Crippen molar-refractivity contribution in [1.82, 2.24) is 16.0 Å². The molecule has 1 aromatic rings. The van der Waals surface area contributed by atoms with Crippen LogP contribution in [0, 0.1) is 11.7 Å². The van der Waals surface area contributed by atoms with Crippen LogP contribution < -0.4 is 16.0 Å². The van der Waals surface area contributed by atoms with E-state index >= 15 is 0 Å². The van der Waals surface area contributed by atoms with Gasteiger partial charge in [0, 0.05) is 24.5 Å². The Kier molecular flexibility index (Phi) is 11.5. The maximum absolute atomic E-state index is 13.0. The Morgan fingerprint density at radius 1 is 1.28 bits per heavy atom. The van der Waals surface area contributed by atoms with Gasteiger partial charge in [-0.2, -0.15) is 0 Å². The van der Waals surface area contributed by atoms with Crippen molar-refractivity contribution in [2.75, 3.05) is 13.1 Å². The monoisotopic (exact) mass is 520 g/mol. The molecule has 1 aliphatic carbocycles. The van der Waals surface area contributed by atoms with Gasteiger partial charge in [0.15, 0.2) is 5.96 Å². The topological polar surface area (TPSA) is 85.8 Å². The van der Waals surface area contributed by atoms with Gasteiger partial charge >= 0.3 is 0 Å². The molecule has 1 fully saturated rings. The van der Waals surface area contributed by atoms with Crippen molar-refractivity contribution in [2.45, 2.75) is 64.6 Å². The van der Waals surface area contributed by atoms with Gasteiger partial charge in [-0.05, 0) is 57.7 Å². The molecule has 4 N–H and O–H groups in total. The Morgan fingerprint density at radius 3 is 2.59 bits per heavy atom. The predicted molar refractivity (Wildman–Crippen MR) is 125 cm³/mol. The van der Waals surface area contributed by atoms with Gasteiger partial charge in [-0.3, -0.25) is 9.79 Å². The highest BCUT2D eigenvalue weighted by Gasteiger charge is 2.28. The van der Waals surface area contributed by atoms with Gasteiger partial charge in [-0.1, -0.05) is 18.6 Å². The molecule has 8 heteroatoms. The number of aliphatic hydroxyl groups is 1. The maximum Gasteiger partial charge on any atom is 0.223 e. The number of benzene rings is 1. The average molecular weight is 520 g/mol. The molecule has 3 atom stereocenters. The molecule has 2 rings (SSSR count). The van der Waals surface area contributed by atoms with Gasteiger partial charge in [-0.15, -0.1) is 24.0 Å². The predicted octanol–water partition coefficient (Wildman–Crippen LogP) is 3.12. The molecule has 1 amide bonds. The van der Waals surface area contributed by atoms with Crippen LogP contribution in [0.4, 0.5) is 4.39 Å². The molecule has 29 heavy (non-hydrogen) atoms. The first-order chi connectivity index (χ1) is 13.4. The highest BCUT2D eigenvalue weighted by Crippen LogP contribution is 2.24. The normalized spacial score (nSPS) is 20.6. The van der Waals surface area contributed by atoms with Crippen LogP contribution in [-0.2, 0) is 4.79 Å². The molecule has 0 radical (unpaired) electrons. The third-order valence-electron chi connectivity index (χ3n) is 4.84. The van der Waals surface area contributed by atoms with E-state index in [2.05, 4.69) is 20.9 Å². The molecule has 6 nitrogen and oxygen atoms in total. The number of nitrogens with one attached hydrogen (secondary N) is 3. The second kappa shape index (κ2) is 13.0. The van der Waals surface area contributed by atoms with Crippen LogP contribution in [0.25, 0.3) is 0 Å². The standard InChI is InChI=1S/C21H33FN4O2.HI/c1-4-23-21(24-13-19(27)15-8-10-17(22)11-9-15)26-18-7-5-6-16(12-18)20(28)25-14(2)3;/h8-11,14,16,18-19,27H,4-7,12-13H2,1-3H3,(H,25,28)(H2,23,24,26);1H. The molecular weight excluding hydrogens is 486 g/mol. The number of amides is 1. The molecule has 0 spiro atoms. The number of rotatable bonds is 7. The van der Waals surface area contributed by atoms with Crippen LogP contribution in [-0.4, -0.2) is 42.1 Å². The van der Waals surface area contributed by atoms with E-state index in [9.17, 15) is 14.3 Å². The van der Waals surface area contributed by atoms with Gasteiger partial charge < -0.3 is 21.1 Å². The van der Waals surface area contributed by atoms with Crippen molar-refractivity contribution in [2.24, 2.45) is 10.9 Å². The van der Waals surface area contributed by atoms with Crippen molar-refractivity contribution in [3.63, 3.8) is 0 Å². The highest BCUT2D eigenvalue weighted by atomic mass is 127. The molecule has 1 aromatic carbocycles. The lowest BCUT2D eigenvalue weighted by molar-refractivity contribution is -0.126. The van der Waals surface area contributed by atoms with Crippen molar-refractivity contribution >= 4 is 35.8 Å². The lowest BCUT2D eigenvalue weighted by Crippen LogP contribution is -2.47. The van der Waals surface area contributed by atoms with Gasteiger partial charge in [0.05, 0.1) is 12.6 Å². The number of carbonyl (C=O) groups excluding carboxylic acids is 1. The SMILES string of the molecule is CCNC(=NCC(O)c1ccc(F)cc1)NC1CCCC(C(=O)NC(C)C)C1.I. The second-order valence-corrected chi connectivity index (χ2v) is 7.66. The van der Waals surface area contributed by atoms with Crippen LogP contribution in [0.1, 0.15) is 58.1 Å². The van der Waals surface area contributed by atoms with E-state index in [0.29, 0.717) is 18.1 Å². The molecule has 0 saturated heterocycles. The van der Waals surface area contributed by atoms with E-state index in [1.807, 2.05) is 20.8 Å². The van der Waals surface area contributed by atoms with Crippen LogP contribution in [0.15, 0.2) is 29.3 Å². The zero-order chi connectivity index (χ0) is 20.5. The van der Waals surface area contributed by atoms with Gasteiger partial charge in [0.2, 0.25) is 5.91 Å². The highest BCUT2D eigenvalue weighted by molar-refractivity contribution is 14.0. The van der Waals surface area contributed by atoms with Crippen molar-refractivity contribution in [1.29, 1.82) is 0 Å². The van der Waals surface area contributed by atoms with E-state index in [0.717, 1.165) is 25.7 Å². The summed E-state index contributed by atoms with van der Waals surface area (Å²) in [4.78, 5) is 16.8. The Labute approximate surface area is 190 Å². The number of hydrogen-bond donors (Lipinski definition) is 4. The molecule has 1 saturated carbocycles. The minimum absolute atomic E-state index is 0. The maximum atomic E-state index is 13.0. The van der Waals surface area contributed by atoms with E-state index < -0.39 is 6.10 Å². The minimum atomic E-state index is -0.799. The summed E-state index contributed by atoms with van der Waals surface area (Å²) in [5.41, 5.74) is 0.629. The summed E-state index contributed by atoms with van der Waals surface area (Å²) in [5.74, 6) is 0.429. The number of aliphatic imine (C=N–C) groups is 1. The number of aliphatic hydroxyl groups excluding tert-OH is 1. The Hall–Kier alpha value is -1.42. The molecule has 0 bridgehead atoms. The third-order valence-corrected chi connectivity index (χ3v) is 4.84. The summed E-state index contributed by atoms with van der Waals surface area (Å²) < 4.78 is 13.0. The first-order valence-electron chi connectivity index (χ1n) is 10.2. The molecule has 0 aromatic heterocycles. The van der Waals surface area contributed by atoms with Crippen molar-refractivity contribution in [3.05, 3.63) is 35.6 Å². The van der Waals surface area contributed by atoms with Gasteiger partial charge in [0.25, 0.3) is 0 Å². The summed E-state index contributed by atoms with van der Waals surface area (Å²) >= 11 is 0. The molecule has 0 heterocycles. The lowest BCUT2D eigenvalue weighted by Gasteiger charge is -2.30. The second-order valence-electron chi connectivity index (χ2n) is 7.66. The summed E-state index contributed by atoms with van der Waals surface area (Å²) in [5, 5.41) is 19.9. The van der Waals surface area contributed by atoms with Crippen LogP contribution >= 0.6 is 24.0 Å². The number of nitrogens with zero attached hydrogens (tertiary/aromatic N) is 1. The van der Waals surface area contributed by atoms with E-state index in [1.54, 1.807) is 12.1 Å². The molecular formula is C21H34FIN4O2. The zero-order valence-corrected chi connectivity index (χ0v) is 19.8. The molecule has 1 aliphatic rings. The Bertz CT molecular complexity index is 655. The fraction of sp³-hybridized carbons (Fsp3) is 0.619. The van der Waals surface area contributed by atoms with Crippen LogP contribution in [0.5, 0.6) is 0 Å². The fourth-order valence-electron chi connectivity index (χ4n) is 3.44. The van der Waals surface area contributed by atoms with Gasteiger partial charge in [-0.25, -0.2) is 4.39 Å². The summed E-state index contributed by atoms with van der Waals surface area (Å²) in [6, 6.07) is 6.10. The third kappa shape index (κ3) is 8.86. The smallest absolute Gasteiger partial charge is 0.223 e. The number of guanidine groups is 1. The van der Waals surface area contributed by atoms with Crippen LogP contribution in [0.2, 0.25) is 0 Å². The van der Waals surface area contributed by atoms with E-state index in [-0.39, 0.29) is 60.2 Å². The average Bonchev–Trinajstić information content (AvgIpc) is 2.66. The summed E-state index contributed by atoms with van der Waals surface area (Å²) in [6.07, 6.45) is 2.85. The lowest BCUT2D eigenvalue weighted by atomic mass is 9.85. The largest absolute Gasteiger partial charge is 0.386 e. The van der Waals surface area contributed by atoms with E-state index in [4.69, 9.17) is 0 Å². The van der Waals surface area contributed by atoms with Crippen LogP contribution in [0.3, 0.4) is 0 Å². The minimum Gasteiger partial charge on any atom is -0.386 e. The quantitative estimate of drug-likeness (QED) is 0.253. The summed E-state index contributed by atoms with van der Waals surface area (Å²) in [7, 11) is 0. The Balaban J connectivity index is 0.00000420. The first kappa shape index (κ1) is 25.6. The van der Waals surface area contributed by atoms with Gasteiger partial charge in [0.1, 0.15) is 5.82 Å². The number of carbonyl (C=O) groups is 1. The van der Waals surface area contributed by atoms with Crippen molar-refractivity contribution in [3.8, 4) is 0 Å². The summed E-state index contributed by atoms with van der Waals surface area (Å²) in [6.45, 7) is 6.79. The molecule has 0 aliphatic heterocycles. The Morgan fingerprint density at radius 2 is 1.97 bits per heavy atom.